The van der Waals surface area contributed by atoms with E-state index in [0.29, 0.717) is 12.0 Å². The third-order valence-corrected chi connectivity index (χ3v) is 4.54. The van der Waals surface area contributed by atoms with Gasteiger partial charge in [0, 0.05) is 18.2 Å². The Balaban J connectivity index is 2.41. The fraction of sp³-hybridized carbons (Fsp3) is 0.400. The van der Waals surface area contributed by atoms with Crippen molar-refractivity contribution in [1.82, 2.24) is 0 Å². The summed E-state index contributed by atoms with van der Waals surface area (Å²) in [5.41, 5.74) is 3.44. The van der Waals surface area contributed by atoms with Gasteiger partial charge in [0.05, 0.1) is 10.5 Å². The summed E-state index contributed by atoms with van der Waals surface area (Å²) in [5.74, 6) is 0.747. The van der Waals surface area contributed by atoms with Gasteiger partial charge in [0.15, 0.2) is 0 Å². The SMILES string of the molecule is Cc1ccc(C)c(C(C)(C)CCO)c1OCc1ccccc1[N+](=O)[O-]. The molecule has 0 heterocycles. The number of rotatable bonds is 7. The van der Waals surface area contributed by atoms with Crippen LogP contribution in [0.3, 0.4) is 0 Å². The average molecular weight is 343 g/mol. The lowest BCUT2D eigenvalue weighted by atomic mass is 9.78. The van der Waals surface area contributed by atoms with Crippen molar-refractivity contribution in [3.05, 3.63) is 68.8 Å². The third-order valence-electron chi connectivity index (χ3n) is 4.54. The number of hydrogen-bond acceptors (Lipinski definition) is 4. The third kappa shape index (κ3) is 4.17. The Labute approximate surface area is 148 Å². The van der Waals surface area contributed by atoms with Gasteiger partial charge in [-0.15, -0.1) is 0 Å². The van der Waals surface area contributed by atoms with Crippen molar-refractivity contribution in [3.8, 4) is 5.75 Å². The average Bonchev–Trinajstić information content (AvgIpc) is 2.55. The maximum absolute atomic E-state index is 11.2. The first-order valence-corrected chi connectivity index (χ1v) is 8.34. The van der Waals surface area contributed by atoms with E-state index in [1.807, 2.05) is 26.0 Å². The van der Waals surface area contributed by atoms with Crippen LogP contribution in [-0.4, -0.2) is 16.6 Å². The van der Waals surface area contributed by atoms with Crippen molar-refractivity contribution in [2.45, 2.75) is 46.1 Å². The van der Waals surface area contributed by atoms with Crippen molar-refractivity contribution in [1.29, 1.82) is 0 Å². The molecule has 0 spiro atoms. The molecule has 0 saturated carbocycles. The van der Waals surface area contributed by atoms with E-state index in [4.69, 9.17) is 4.74 Å². The molecule has 0 saturated heterocycles. The number of aliphatic hydroxyl groups excluding tert-OH is 1. The Kier molecular flexibility index (Phi) is 5.80. The van der Waals surface area contributed by atoms with Crippen LogP contribution >= 0.6 is 0 Å². The molecular formula is C20H25NO4. The summed E-state index contributed by atoms with van der Waals surface area (Å²) < 4.78 is 6.07. The lowest BCUT2D eigenvalue weighted by molar-refractivity contribution is -0.385. The highest BCUT2D eigenvalue weighted by Gasteiger charge is 2.27. The van der Waals surface area contributed by atoms with Gasteiger partial charge in [0.2, 0.25) is 0 Å². The number of nitrogens with zero attached hydrogens (tertiary/aromatic N) is 1. The van der Waals surface area contributed by atoms with E-state index in [9.17, 15) is 15.2 Å². The predicted octanol–water partition coefficient (Wildman–Crippen LogP) is 4.45. The number of nitro groups is 1. The fourth-order valence-electron chi connectivity index (χ4n) is 3.18. The molecule has 0 fully saturated rings. The highest BCUT2D eigenvalue weighted by Crippen LogP contribution is 2.39. The largest absolute Gasteiger partial charge is 0.488 e. The maximum Gasteiger partial charge on any atom is 0.276 e. The molecule has 0 aliphatic rings. The number of benzene rings is 2. The van der Waals surface area contributed by atoms with Crippen LogP contribution in [0.5, 0.6) is 5.75 Å². The highest BCUT2D eigenvalue weighted by atomic mass is 16.6. The molecule has 0 unspecified atom stereocenters. The van der Waals surface area contributed by atoms with Gasteiger partial charge in [0.1, 0.15) is 12.4 Å². The second kappa shape index (κ2) is 7.66. The minimum Gasteiger partial charge on any atom is -0.488 e. The van der Waals surface area contributed by atoms with Crippen LogP contribution in [0.25, 0.3) is 0 Å². The molecule has 0 aliphatic heterocycles. The molecule has 0 amide bonds. The van der Waals surface area contributed by atoms with Gasteiger partial charge < -0.3 is 9.84 Å². The zero-order valence-corrected chi connectivity index (χ0v) is 15.2. The van der Waals surface area contributed by atoms with Crippen molar-refractivity contribution in [2.75, 3.05) is 6.61 Å². The molecule has 0 aromatic heterocycles. The van der Waals surface area contributed by atoms with E-state index in [0.717, 1.165) is 22.4 Å². The molecule has 1 N–H and O–H groups in total. The lowest BCUT2D eigenvalue weighted by Crippen LogP contribution is -2.22. The smallest absolute Gasteiger partial charge is 0.276 e. The van der Waals surface area contributed by atoms with E-state index < -0.39 is 4.92 Å². The molecule has 0 aliphatic carbocycles. The molecule has 134 valence electrons. The second-order valence-corrected chi connectivity index (χ2v) is 6.94. The van der Waals surface area contributed by atoms with E-state index in [2.05, 4.69) is 13.8 Å². The Bertz CT molecular complexity index is 768. The van der Waals surface area contributed by atoms with Crippen LogP contribution in [-0.2, 0) is 12.0 Å². The quantitative estimate of drug-likeness (QED) is 0.595. The first-order valence-electron chi connectivity index (χ1n) is 8.34. The Morgan fingerprint density at radius 2 is 1.76 bits per heavy atom. The molecule has 0 atom stereocenters. The van der Waals surface area contributed by atoms with Gasteiger partial charge in [-0.05, 0) is 42.9 Å². The molecule has 2 aromatic rings. The zero-order chi connectivity index (χ0) is 18.6. The standard InChI is InChI=1S/C20H25NO4/c1-14-9-10-15(2)19(18(14)20(3,4)11-12-22)25-13-16-7-5-6-8-17(16)21(23)24/h5-10,22H,11-13H2,1-4H3. The van der Waals surface area contributed by atoms with Crippen molar-refractivity contribution >= 4 is 5.69 Å². The normalized spacial score (nSPS) is 11.4. The van der Waals surface area contributed by atoms with E-state index in [-0.39, 0.29) is 24.3 Å². The van der Waals surface area contributed by atoms with Gasteiger partial charge >= 0.3 is 0 Å². The minimum absolute atomic E-state index is 0.0592. The van der Waals surface area contributed by atoms with E-state index >= 15 is 0 Å². The second-order valence-electron chi connectivity index (χ2n) is 6.94. The monoisotopic (exact) mass is 343 g/mol. The van der Waals surface area contributed by atoms with Gasteiger partial charge in [-0.2, -0.15) is 0 Å². The summed E-state index contributed by atoms with van der Waals surface area (Å²) in [6.45, 7) is 8.34. The number of hydrogen-bond donors (Lipinski definition) is 1. The maximum atomic E-state index is 11.2. The first kappa shape index (κ1) is 18.9. The summed E-state index contributed by atoms with van der Waals surface area (Å²) in [4.78, 5) is 10.8. The summed E-state index contributed by atoms with van der Waals surface area (Å²) in [6, 6.07) is 10.6. The van der Waals surface area contributed by atoms with Gasteiger partial charge in [0.25, 0.3) is 5.69 Å². The van der Waals surface area contributed by atoms with Crippen LogP contribution in [0.4, 0.5) is 5.69 Å². The van der Waals surface area contributed by atoms with Gasteiger partial charge in [-0.1, -0.05) is 38.1 Å². The molecular weight excluding hydrogens is 318 g/mol. The van der Waals surface area contributed by atoms with Crippen LogP contribution < -0.4 is 4.74 Å². The van der Waals surface area contributed by atoms with Crippen molar-refractivity contribution in [2.24, 2.45) is 0 Å². The number of para-hydroxylation sites is 1. The summed E-state index contributed by atoms with van der Waals surface area (Å²) in [5, 5.41) is 20.6. The fourth-order valence-corrected chi connectivity index (χ4v) is 3.18. The predicted molar refractivity (Wildman–Crippen MR) is 98.1 cm³/mol. The number of ether oxygens (including phenoxy) is 1. The Morgan fingerprint density at radius 3 is 2.40 bits per heavy atom. The molecule has 2 rings (SSSR count). The topological polar surface area (TPSA) is 72.6 Å². The van der Waals surface area contributed by atoms with Crippen LogP contribution in [0, 0.1) is 24.0 Å². The van der Waals surface area contributed by atoms with Crippen LogP contribution in [0.1, 0.15) is 42.5 Å². The Morgan fingerprint density at radius 1 is 1.12 bits per heavy atom. The molecule has 5 nitrogen and oxygen atoms in total. The molecule has 25 heavy (non-hydrogen) atoms. The molecule has 2 aromatic carbocycles. The summed E-state index contributed by atoms with van der Waals surface area (Å²) >= 11 is 0. The first-order chi connectivity index (χ1) is 11.8. The van der Waals surface area contributed by atoms with E-state index in [1.54, 1.807) is 18.2 Å². The highest BCUT2D eigenvalue weighted by molar-refractivity contribution is 5.50. The number of nitro benzene ring substituents is 1. The van der Waals surface area contributed by atoms with Crippen molar-refractivity contribution < 1.29 is 14.8 Å². The molecule has 0 bridgehead atoms. The summed E-state index contributed by atoms with van der Waals surface area (Å²) in [7, 11) is 0. The van der Waals surface area contributed by atoms with Crippen molar-refractivity contribution in [3.63, 3.8) is 0 Å². The zero-order valence-electron chi connectivity index (χ0n) is 15.2. The number of aryl methyl sites for hydroxylation is 2. The minimum atomic E-state index is -0.390. The van der Waals surface area contributed by atoms with Crippen LogP contribution in [0.2, 0.25) is 0 Å². The number of aliphatic hydroxyl groups is 1. The van der Waals surface area contributed by atoms with Crippen LogP contribution in [0.15, 0.2) is 36.4 Å². The Hall–Kier alpha value is -2.40. The van der Waals surface area contributed by atoms with Gasteiger partial charge in [-0.25, -0.2) is 0 Å². The lowest BCUT2D eigenvalue weighted by Gasteiger charge is -2.29. The molecule has 0 radical (unpaired) electrons. The van der Waals surface area contributed by atoms with Gasteiger partial charge in [-0.3, -0.25) is 10.1 Å². The molecule has 5 heteroatoms. The van der Waals surface area contributed by atoms with E-state index in [1.165, 1.54) is 6.07 Å². The summed E-state index contributed by atoms with van der Waals surface area (Å²) in [6.07, 6.45) is 0.610.